The van der Waals surface area contributed by atoms with Crippen LogP contribution < -0.4 is 15.2 Å². The van der Waals surface area contributed by atoms with Gasteiger partial charge in [0.15, 0.2) is 11.5 Å². The van der Waals surface area contributed by atoms with Crippen molar-refractivity contribution in [3.05, 3.63) is 23.8 Å². The van der Waals surface area contributed by atoms with Crippen LogP contribution in [0.15, 0.2) is 18.2 Å². The predicted molar refractivity (Wildman–Crippen MR) is 81.2 cm³/mol. The molecule has 1 aliphatic rings. The number of nitrogens with zero attached hydrogens (tertiary/aromatic N) is 1. The van der Waals surface area contributed by atoms with Crippen molar-refractivity contribution in [1.82, 2.24) is 4.90 Å². The molecule has 1 aromatic carbocycles. The van der Waals surface area contributed by atoms with Crippen LogP contribution in [-0.4, -0.2) is 38.8 Å². The van der Waals surface area contributed by atoms with Crippen molar-refractivity contribution in [2.24, 2.45) is 17.6 Å². The number of hydrogen-bond donors (Lipinski definition) is 1. The summed E-state index contributed by atoms with van der Waals surface area (Å²) in [6, 6.07) is 5.93. The highest BCUT2D eigenvalue weighted by molar-refractivity contribution is 5.43. The number of methoxy groups -OCH3 is 2. The fourth-order valence-corrected chi connectivity index (χ4v) is 2.87. The fraction of sp³-hybridized carbons (Fsp3) is 0.625. The third-order valence-electron chi connectivity index (χ3n) is 4.35. The lowest BCUT2D eigenvalue weighted by atomic mass is 10.0. The van der Waals surface area contributed by atoms with Crippen molar-refractivity contribution in [3.8, 4) is 11.5 Å². The normalized spacial score (nSPS) is 24.6. The largest absolute Gasteiger partial charge is 0.493 e. The summed E-state index contributed by atoms with van der Waals surface area (Å²) in [4.78, 5) is 2.46. The van der Waals surface area contributed by atoms with Crippen LogP contribution in [0.3, 0.4) is 0 Å². The lowest BCUT2D eigenvalue weighted by Gasteiger charge is -2.21. The summed E-state index contributed by atoms with van der Waals surface area (Å²) < 4.78 is 10.6. The molecule has 2 rings (SSSR count). The van der Waals surface area contributed by atoms with E-state index >= 15 is 0 Å². The van der Waals surface area contributed by atoms with E-state index in [-0.39, 0.29) is 6.04 Å². The van der Waals surface area contributed by atoms with Crippen molar-refractivity contribution < 1.29 is 9.47 Å². The summed E-state index contributed by atoms with van der Waals surface area (Å²) in [7, 11) is 3.29. The molecule has 0 bridgehead atoms. The second-order valence-corrected chi connectivity index (χ2v) is 5.89. The van der Waals surface area contributed by atoms with Gasteiger partial charge in [0.25, 0.3) is 0 Å². The minimum atomic E-state index is 0.00676. The molecule has 0 radical (unpaired) electrons. The Labute approximate surface area is 121 Å². The summed E-state index contributed by atoms with van der Waals surface area (Å²) in [5.41, 5.74) is 7.44. The first-order valence-corrected chi connectivity index (χ1v) is 7.25. The zero-order valence-corrected chi connectivity index (χ0v) is 12.9. The molecular formula is C16H26N2O2. The SMILES string of the molecule is COc1ccc(C(N)CN2CC(C)C(C)C2)cc1OC. The van der Waals surface area contributed by atoms with E-state index in [0.29, 0.717) is 0 Å². The molecule has 3 unspecified atom stereocenters. The Morgan fingerprint density at radius 2 is 1.75 bits per heavy atom. The van der Waals surface area contributed by atoms with Gasteiger partial charge >= 0.3 is 0 Å². The van der Waals surface area contributed by atoms with Gasteiger partial charge in [-0.2, -0.15) is 0 Å². The van der Waals surface area contributed by atoms with E-state index in [0.717, 1.165) is 48.5 Å². The van der Waals surface area contributed by atoms with Crippen LogP contribution in [-0.2, 0) is 0 Å². The average molecular weight is 278 g/mol. The summed E-state index contributed by atoms with van der Waals surface area (Å²) >= 11 is 0. The van der Waals surface area contributed by atoms with E-state index in [4.69, 9.17) is 15.2 Å². The third-order valence-corrected chi connectivity index (χ3v) is 4.35. The number of rotatable bonds is 5. The molecule has 1 saturated heterocycles. The molecule has 1 fully saturated rings. The van der Waals surface area contributed by atoms with E-state index in [1.807, 2.05) is 18.2 Å². The topological polar surface area (TPSA) is 47.7 Å². The van der Waals surface area contributed by atoms with Crippen molar-refractivity contribution >= 4 is 0 Å². The molecule has 1 aliphatic heterocycles. The summed E-state index contributed by atoms with van der Waals surface area (Å²) in [5.74, 6) is 3.00. The Morgan fingerprint density at radius 1 is 1.15 bits per heavy atom. The van der Waals surface area contributed by atoms with Gasteiger partial charge in [-0.15, -0.1) is 0 Å². The summed E-state index contributed by atoms with van der Waals surface area (Å²) in [5, 5.41) is 0. The maximum atomic E-state index is 6.34. The van der Waals surface area contributed by atoms with Gasteiger partial charge in [-0.25, -0.2) is 0 Å². The first kappa shape index (κ1) is 15.1. The minimum Gasteiger partial charge on any atom is -0.493 e. The van der Waals surface area contributed by atoms with Crippen LogP contribution in [0.2, 0.25) is 0 Å². The highest BCUT2D eigenvalue weighted by atomic mass is 16.5. The van der Waals surface area contributed by atoms with Crippen molar-refractivity contribution in [1.29, 1.82) is 0 Å². The highest BCUT2D eigenvalue weighted by Crippen LogP contribution is 2.30. The smallest absolute Gasteiger partial charge is 0.161 e. The Kier molecular flexibility index (Phi) is 4.89. The molecular weight excluding hydrogens is 252 g/mol. The van der Waals surface area contributed by atoms with Crippen molar-refractivity contribution in [2.75, 3.05) is 33.9 Å². The molecule has 3 atom stereocenters. The molecule has 0 saturated carbocycles. The third kappa shape index (κ3) is 3.25. The second kappa shape index (κ2) is 6.46. The number of hydrogen-bond acceptors (Lipinski definition) is 4. The van der Waals surface area contributed by atoms with Crippen LogP contribution in [0.4, 0.5) is 0 Å². The van der Waals surface area contributed by atoms with E-state index in [1.165, 1.54) is 0 Å². The van der Waals surface area contributed by atoms with Gasteiger partial charge in [-0.3, -0.25) is 0 Å². The molecule has 2 N–H and O–H groups in total. The zero-order valence-electron chi connectivity index (χ0n) is 12.9. The molecule has 0 aromatic heterocycles. The molecule has 20 heavy (non-hydrogen) atoms. The molecule has 112 valence electrons. The van der Waals surface area contributed by atoms with E-state index in [1.54, 1.807) is 14.2 Å². The van der Waals surface area contributed by atoms with E-state index in [2.05, 4.69) is 18.7 Å². The Hall–Kier alpha value is -1.26. The van der Waals surface area contributed by atoms with Crippen molar-refractivity contribution in [3.63, 3.8) is 0 Å². The Bertz CT molecular complexity index is 440. The number of nitrogens with two attached hydrogens (primary N) is 1. The first-order chi connectivity index (χ1) is 9.55. The highest BCUT2D eigenvalue weighted by Gasteiger charge is 2.27. The summed E-state index contributed by atoms with van der Waals surface area (Å²) in [6.07, 6.45) is 0. The van der Waals surface area contributed by atoms with Gasteiger partial charge in [-0.05, 0) is 29.5 Å². The second-order valence-electron chi connectivity index (χ2n) is 5.89. The monoisotopic (exact) mass is 278 g/mol. The van der Waals surface area contributed by atoms with Crippen LogP contribution in [0.25, 0.3) is 0 Å². The van der Waals surface area contributed by atoms with Gasteiger partial charge in [0.1, 0.15) is 0 Å². The van der Waals surface area contributed by atoms with Crippen LogP contribution in [0.5, 0.6) is 11.5 Å². The van der Waals surface area contributed by atoms with Crippen LogP contribution >= 0.6 is 0 Å². The number of benzene rings is 1. The minimum absolute atomic E-state index is 0.00676. The van der Waals surface area contributed by atoms with Gasteiger partial charge in [0, 0.05) is 25.7 Å². The molecule has 4 nitrogen and oxygen atoms in total. The van der Waals surface area contributed by atoms with Gasteiger partial charge < -0.3 is 20.1 Å². The van der Waals surface area contributed by atoms with Crippen LogP contribution in [0, 0.1) is 11.8 Å². The van der Waals surface area contributed by atoms with Crippen LogP contribution in [0.1, 0.15) is 25.5 Å². The van der Waals surface area contributed by atoms with Gasteiger partial charge in [-0.1, -0.05) is 19.9 Å². The standard InChI is InChI=1S/C16H26N2O2/c1-11-8-18(9-12(11)2)10-14(17)13-5-6-15(19-3)16(7-13)20-4/h5-7,11-12,14H,8-10,17H2,1-4H3. The number of likely N-dealkylation sites (tertiary alicyclic amines) is 1. The quantitative estimate of drug-likeness (QED) is 0.898. The maximum absolute atomic E-state index is 6.34. The van der Waals surface area contributed by atoms with Gasteiger partial charge in [0.2, 0.25) is 0 Å². The Balaban J connectivity index is 2.04. The molecule has 1 heterocycles. The average Bonchev–Trinajstić information content (AvgIpc) is 2.76. The van der Waals surface area contributed by atoms with Crippen molar-refractivity contribution in [2.45, 2.75) is 19.9 Å². The van der Waals surface area contributed by atoms with E-state index < -0.39 is 0 Å². The first-order valence-electron chi connectivity index (χ1n) is 7.25. The maximum Gasteiger partial charge on any atom is 0.161 e. The Morgan fingerprint density at radius 3 is 2.30 bits per heavy atom. The van der Waals surface area contributed by atoms with E-state index in [9.17, 15) is 0 Å². The predicted octanol–water partition coefficient (Wildman–Crippen LogP) is 2.29. The molecule has 0 aliphatic carbocycles. The fourth-order valence-electron chi connectivity index (χ4n) is 2.87. The molecule has 0 spiro atoms. The lowest BCUT2D eigenvalue weighted by molar-refractivity contribution is 0.302. The number of ether oxygens (including phenoxy) is 2. The zero-order chi connectivity index (χ0) is 14.7. The molecule has 0 amide bonds. The lowest BCUT2D eigenvalue weighted by Crippen LogP contribution is -2.30. The molecule has 4 heteroatoms. The summed E-state index contributed by atoms with van der Waals surface area (Å²) in [6.45, 7) is 7.80. The molecule has 1 aromatic rings. The van der Waals surface area contributed by atoms with Gasteiger partial charge in [0.05, 0.1) is 14.2 Å².